The fourth-order valence-electron chi connectivity index (χ4n) is 4.69. The van der Waals surface area contributed by atoms with Gasteiger partial charge in [-0.3, -0.25) is 14.2 Å². The largest absolute Gasteiger partial charge is 0.338 e. The summed E-state index contributed by atoms with van der Waals surface area (Å²) < 4.78 is 25.6. The molecular weight excluding hydrogens is 466 g/mol. The van der Waals surface area contributed by atoms with Crippen molar-refractivity contribution < 1.29 is 13.2 Å². The summed E-state index contributed by atoms with van der Waals surface area (Å²) in [5.41, 5.74) is 1.17. The van der Waals surface area contributed by atoms with Gasteiger partial charge < -0.3 is 4.90 Å². The third-order valence-electron chi connectivity index (χ3n) is 6.21. The zero-order valence-electron chi connectivity index (χ0n) is 18.9. The normalized spacial score (nSPS) is 20.1. The van der Waals surface area contributed by atoms with Gasteiger partial charge in [0.1, 0.15) is 4.83 Å². The Balaban J connectivity index is 1.58. The van der Waals surface area contributed by atoms with E-state index in [9.17, 15) is 18.0 Å². The summed E-state index contributed by atoms with van der Waals surface area (Å²) in [5.74, 6) is 0.484. The predicted octanol–water partition coefficient (Wildman–Crippen LogP) is 3.12. The molecule has 2 aromatic rings. The van der Waals surface area contributed by atoms with E-state index in [1.54, 1.807) is 20.8 Å². The first kappa shape index (κ1) is 23.8. The van der Waals surface area contributed by atoms with Gasteiger partial charge in [0, 0.05) is 24.0 Å². The topological polar surface area (TPSA) is 89.3 Å². The van der Waals surface area contributed by atoms with Crippen molar-refractivity contribution in [1.82, 2.24) is 14.5 Å². The SMILES string of the molecule is CCn1c(SCC(=O)N(CC(C)C)[C@@H]2CCS(=O)(=O)C2)nc2sc3c(c2c1=O)CCCC3. The monoisotopic (exact) mass is 497 g/mol. The Bertz CT molecular complexity index is 1180. The van der Waals surface area contributed by atoms with Gasteiger partial charge in [0.05, 0.1) is 22.6 Å². The van der Waals surface area contributed by atoms with Crippen LogP contribution in [0.1, 0.15) is 50.5 Å². The number of amides is 1. The molecule has 1 aliphatic heterocycles. The molecule has 1 fully saturated rings. The van der Waals surface area contributed by atoms with E-state index < -0.39 is 9.84 Å². The van der Waals surface area contributed by atoms with E-state index in [-0.39, 0.29) is 40.7 Å². The lowest BCUT2D eigenvalue weighted by Crippen LogP contribution is -2.44. The van der Waals surface area contributed by atoms with Crippen LogP contribution < -0.4 is 5.56 Å². The number of aromatic nitrogens is 2. The van der Waals surface area contributed by atoms with Crippen molar-refractivity contribution in [2.75, 3.05) is 23.8 Å². The van der Waals surface area contributed by atoms with Crippen molar-refractivity contribution in [2.45, 2.75) is 70.6 Å². The molecule has 2 aromatic heterocycles. The minimum Gasteiger partial charge on any atom is -0.338 e. The van der Waals surface area contributed by atoms with Crippen LogP contribution in [0.25, 0.3) is 10.2 Å². The molecule has 1 saturated heterocycles. The third kappa shape index (κ3) is 4.77. The molecule has 2 aliphatic rings. The maximum absolute atomic E-state index is 13.3. The van der Waals surface area contributed by atoms with Gasteiger partial charge in [0.25, 0.3) is 5.56 Å². The first-order chi connectivity index (χ1) is 15.2. The van der Waals surface area contributed by atoms with E-state index >= 15 is 0 Å². The highest BCUT2D eigenvalue weighted by molar-refractivity contribution is 7.99. The van der Waals surface area contributed by atoms with Crippen molar-refractivity contribution in [2.24, 2.45) is 5.92 Å². The Hall–Kier alpha value is -1.39. The second-order valence-corrected chi connectivity index (χ2v) is 13.4. The zero-order valence-corrected chi connectivity index (χ0v) is 21.4. The maximum atomic E-state index is 13.3. The average molecular weight is 498 g/mol. The Morgan fingerprint density at radius 1 is 1.31 bits per heavy atom. The summed E-state index contributed by atoms with van der Waals surface area (Å²) in [4.78, 5) is 35.0. The molecule has 32 heavy (non-hydrogen) atoms. The van der Waals surface area contributed by atoms with E-state index in [1.807, 2.05) is 20.8 Å². The average Bonchev–Trinajstić information content (AvgIpc) is 3.29. The van der Waals surface area contributed by atoms with E-state index in [0.717, 1.165) is 35.9 Å². The molecule has 176 valence electrons. The van der Waals surface area contributed by atoms with Gasteiger partial charge in [-0.2, -0.15) is 0 Å². The Morgan fingerprint density at radius 2 is 2.06 bits per heavy atom. The van der Waals surface area contributed by atoms with Crippen LogP contribution in [0, 0.1) is 5.92 Å². The van der Waals surface area contributed by atoms with Crippen LogP contribution in [-0.2, 0) is 34.0 Å². The summed E-state index contributed by atoms with van der Waals surface area (Å²) >= 11 is 2.90. The number of hydrogen-bond donors (Lipinski definition) is 0. The van der Waals surface area contributed by atoms with E-state index in [4.69, 9.17) is 4.98 Å². The van der Waals surface area contributed by atoms with Gasteiger partial charge in [-0.25, -0.2) is 13.4 Å². The van der Waals surface area contributed by atoms with Crippen LogP contribution in [0.5, 0.6) is 0 Å². The summed E-state index contributed by atoms with van der Waals surface area (Å²) in [6, 6.07) is -0.261. The number of hydrogen-bond acceptors (Lipinski definition) is 7. The van der Waals surface area contributed by atoms with Gasteiger partial charge in [0.2, 0.25) is 5.91 Å². The van der Waals surface area contributed by atoms with E-state index in [0.29, 0.717) is 24.7 Å². The molecule has 10 heteroatoms. The van der Waals surface area contributed by atoms with Crippen LogP contribution in [0.4, 0.5) is 0 Å². The molecule has 1 amide bonds. The molecule has 0 radical (unpaired) electrons. The molecule has 0 spiro atoms. The Labute approximate surface area is 197 Å². The molecular formula is C22H31N3O4S3. The molecule has 0 bridgehead atoms. The van der Waals surface area contributed by atoms with Crippen LogP contribution in [-0.4, -0.2) is 58.6 Å². The fraction of sp³-hybridized carbons (Fsp3) is 0.682. The number of thioether (sulfide) groups is 1. The maximum Gasteiger partial charge on any atom is 0.263 e. The van der Waals surface area contributed by atoms with Crippen LogP contribution in [0.3, 0.4) is 0 Å². The molecule has 4 rings (SSSR count). The number of fused-ring (bicyclic) bond motifs is 3. The minimum atomic E-state index is -3.08. The number of aryl methyl sites for hydroxylation is 2. The first-order valence-electron chi connectivity index (χ1n) is 11.4. The lowest BCUT2D eigenvalue weighted by Gasteiger charge is -2.30. The van der Waals surface area contributed by atoms with Gasteiger partial charge in [-0.05, 0) is 50.5 Å². The number of sulfone groups is 1. The van der Waals surface area contributed by atoms with E-state index in [2.05, 4.69) is 0 Å². The first-order valence-corrected chi connectivity index (χ1v) is 15.0. The number of carbonyl (C=O) groups excluding carboxylic acids is 1. The van der Waals surface area contributed by atoms with Gasteiger partial charge in [-0.1, -0.05) is 25.6 Å². The van der Waals surface area contributed by atoms with Crippen molar-refractivity contribution in [3.63, 3.8) is 0 Å². The second-order valence-electron chi connectivity index (χ2n) is 9.12. The number of thiophene rings is 1. The molecule has 7 nitrogen and oxygen atoms in total. The molecule has 1 aliphatic carbocycles. The highest BCUT2D eigenvalue weighted by Gasteiger charge is 2.35. The molecule has 0 aromatic carbocycles. The molecule has 0 N–H and O–H groups in total. The smallest absolute Gasteiger partial charge is 0.263 e. The number of carbonyl (C=O) groups is 1. The summed E-state index contributed by atoms with van der Waals surface area (Å²) in [6.07, 6.45) is 4.71. The van der Waals surface area contributed by atoms with Crippen molar-refractivity contribution >= 4 is 49.1 Å². The summed E-state index contributed by atoms with van der Waals surface area (Å²) in [6.45, 7) is 7.01. The van der Waals surface area contributed by atoms with Gasteiger partial charge in [-0.15, -0.1) is 11.3 Å². The van der Waals surface area contributed by atoms with Crippen molar-refractivity contribution in [3.05, 3.63) is 20.8 Å². The number of nitrogens with zero attached hydrogens (tertiary/aromatic N) is 3. The van der Waals surface area contributed by atoms with Crippen LogP contribution in [0.2, 0.25) is 0 Å². The highest BCUT2D eigenvalue weighted by Crippen LogP contribution is 2.34. The molecule has 0 unspecified atom stereocenters. The van der Waals surface area contributed by atoms with Gasteiger partial charge in [0.15, 0.2) is 15.0 Å². The highest BCUT2D eigenvalue weighted by atomic mass is 32.2. The van der Waals surface area contributed by atoms with Crippen molar-refractivity contribution in [3.8, 4) is 0 Å². The minimum absolute atomic E-state index is 0.00669. The standard InChI is InChI=1S/C22H31N3O4S3/c1-4-24-21(27)19-16-7-5-6-8-17(16)31-20(19)23-22(24)30-12-18(26)25(11-14(2)3)15-9-10-32(28,29)13-15/h14-15H,4-13H2,1-3H3/t15-/m1/s1. The van der Waals surface area contributed by atoms with Gasteiger partial charge >= 0.3 is 0 Å². The molecule has 3 heterocycles. The van der Waals surface area contributed by atoms with Crippen molar-refractivity contribution in [1.29, 1.82) is 0 Å². The lowest BCUT2D eigenvalue weighted by atomic mass is 9.97. The third-order valence-corrected chi connectivity index (χ3v) is 10.1. The summed E-state index contributed by atoms with van der Waals surface area (Å²) in [7, 11) is -3.08. The molecule has 1 atom stereocenters. The Morgan fingerprint density at radius 3 is 2.72 bits per heavy atom. The Kier molecular flexibility index (Phi) is 7.03. The fourth-order valence-corrected chi connectivity index (χ4v) is 8.67. The summed E-state index contributed by atoms with van der Waals surface area (Å²) in [5, 5.41) is 1.33. The number of rotatable bonds is 7. The van der Waals surface area contributed by atoms with Crippen LogP contribution >= 0.6 is 23.1 Å². The predicted molar refractivity (Wildman–Crippen MR) is 131 cm³/mol. The zero-order chi connectivity index (χ0) is 23.0. The molecule has 0 saturated carbocycles. The van der Waals surface area contributed by atoms with E-state index in [1.165, 1.54) is 22.2 Å². The second kappa shape index (κ2) is 9.46. The lowest BCUT2D eigenvalue weighted by molar-refractivity contribution is -0.130. The van der Waals surface area contributed by atoms with Crippen LogP contribution in [0.15, 0.2) is 9.95 Å². The quantitative estimate of drug-likeness (QED) is 0.431.